The van der Waals surface area contributed by atoms with Crippen LogP contribution in [0.25, 0.3) is 0 Å². The van der Waals surface area contributed by atoms with Crippen molar-refractivity contribution in [1.29, 1.82) is 5.41 Å². The number of aryl methyl sites for hydroxylation is 1. The van der Waals surface area contributed by atoms with Gasteiger partial charge in [0, 0.05) is 24.4 Å². The van der Waals surface area contributed by atoms with E-state index in [0.717, 1.165) is 5.56 Å². The van der Waals surface area contributed by atoms with Gasteiger partial charge in [0.1, 0.15) is 23.4 Å². The van der Waals surface area contributed by atoms with Crippen LogP contribution < -0.4 is 10.1 Å². The van der Waals surface area contributed by atoms with E-state index in [0.29, 0.717) is 18.1 Å². The zero-order valence-corrected chi connectivity index (χ0v) is 16.4. The SMILES string of the molecule is Cc1cncnc1Oc1ccc(F)c([C@]23CO[C@@H](C)C[C@H]2C(=O)N(C)C(=N)N3)c1. The van der Waals surface area contributed by atoms with E-state index in [9.17, 15) is 4.79 Å². The number of guanidine groups is 1. The average molecular weight is 399 g/mol. The summed E-state index contributed by atoms with van der Waals surface area (Å²) in [5, 5.41) is 11.2. The maximum atomic E-state index is 15.0. The number of rotatable bonds is 3. The summed E-state index contributed by atoms with van der Waals surface area (Å²) in [5.74, 6) is -0.675. The molecule has 2 aromatic rings. The molecule has 2 N–H and O–H groups in total. The third-order valence-corrected chi connectivity index (χ3v) is 5.54. The second-order valence-electron chi connectivity index (χ2n) is 7.51. The van der Waals surface area contributed by atoms with E-state index in [4.69, 9.17) is 14.9 Å². The Morgan fingerprint density at radius 2 is 2.24 bits per heavy atom. The number of amides is 1. The van der Waals surface area contributed by atoms with Gasteiger partial charge in [0.2, 0.25) is 11.8 Å². The molecule has 2 aliphatic heterocycles. The summed E-state index contributed by atoms with van der Waals surface area (Å²) < 4.78 is 26.7. The Labute approximate surface area is 167 Å². The van der Waals surface area contributed by atoms with Crippen molar-refractivity contribution in [1.82, 2.24) is 20.2 Å². The summed E-state index contributed by atoms with van der Waals surface area (Å²) in [6.07, 6.45) is 3.26. The molecule has 0 aliphatic carbocycles. The van der Waals surface area contributed by atoms with Gasteiger partial charge in [0.05, 0.1) is 18.6 Å². The average Bonchev–Trinajstić information content (AvgIpc) is 2.70. The van der Waals surface area contributed by atoms with Gasteiger partial charge in [-0.1, -0.05) is 0 Å². The number of halogens is 1. The summed E-state index contributed by atoms with van der Waals surface area (Å²) in [6.45, 7) is 3.75. The minimum Gasteiger partial charge on any atom is -0.439 e. The highest BCUT2D eigenvalue weighted by molar-refractivity contribution is 6.00. The first-order valence-electron chi connectivity index (χ1n) is 9.32. The van der Waals surface area contributed by atoms with Gasteiger partial charge in [-0.15, -0.1) is 0 Å². The summed E-state index contributed by atoms with van der Waals surface area (Å²) in [6, 6.07) is 4.33. The van der Waals surface area contributed by atoms with Crippen LogP contribution in [0.5, 0.6) is 11.6 Å². The molecule has 1 aromatic carbocycles. The van der Waals surface area contributed by atoms with E-state index in [2.05, 4.69) is 15.3 Å². The Hall–Kier alpha value is -3.07. The predicted octanol–water partition coefficient (Wildman–Crippen LogP) is 2.33. The van der Waals surface area contributed by atoms with Crippen molar-refractivity contribution in [2.24, 2.45) is 5.92 Å². The predicted molar refractivity (Wildman–Crippen MR) is 102 cm³/mol. The summed E-state index contributed by atoms with van der Waals surface area (Å²) in [7, 11) is 1.54. The lowest BCUT2D eigenvalue weighted by molar-refractivity contribution is -0.148. The first-order chi connectivity index (χ1) is 13.8. The molecule has 1 amide bonds. The minimum absolute atomic E-state index is 0.0632. The van der Waals surface area contributed by atoms with Crippen LogP contribution in [-0.4, -0.2) is 46.5 Å². The van der Waals surface area contributed by atoms with Crippen molar-refractivity contribution in [3.8, 4) is 11.6 Å². The second kappa shape index (κ2) is 7.07. The summed E-state index contributed by atoms with van der Waals surface area (Å²) in [4.78, 5) is 22.2. The fraction of sp³-hybridized carbons (Fsp3) is 0.400. The Kier molecular flexibility index (Phi) is 4.70. The lowest BCUT2D eigenvalue weighted by Crippen LogP contribution is -2.69. The molecule has 2 saturated heterocycles. The zero-order chi connectivity index (χ0) is 20.8. The van der Waals surface area contributed by atoms with Crippen LogP contribution in [0.1, 0.15) is 24.5 Å². The molecule has 4 rings (SSSR count). The van der Waals surface area contributed by atoms with Gasteiger partial charge in [0.15, 0.2) is 5.96 Å². The van der Waals surface area contributed by atoms with Crippen LogP contribution >= 0.6 is 0 Å². The van der Waals surface area contributed by atoms with Crippen LogP contribution in [0.3, 0.4) is 0 Å². The maximum absolute atomic E-state index is 15.0. The topological polar surface area (TPSA) is 100 Å². The van der Waals surface area contributed by atoms with Crippen LogP contribution in [-0.2, 0) is 15.1 Å². The van der Waals surface area contributed by atoms with Gasteiger partial charge in [-0.3, -0.25) is 15.1 Å². The number of carbonyl (C=O) groups excluding carboxylic acids is 1. The Morgan fingerprint density at radius 3 is 3.00 bits per heavy atom. The molecule has 152 valence electrons. The van der Waals surface area contributed by atoms with Crippen molar-refractivity contribution in [2.45, 2.75) is 31.9 Å². The third-order valence-electron chi connectivity index (χ3n) is 5.54. The molecule has 9 heteroatoms. The number of fused-ring (bicyclic) bond motifs is 1. The number of benzene rings is 1. The molecule has 2 aliphatic rings. The lowest BCUT2D eigenvalue weighted by atomic mass is 9.72. The van der Waals surface area contributed by atoms with Crippen LogP contribution in [0, 0.1) is 24.1 Å². The molecule has 3 atom stereocenters. The fourth-order valence-corrected chi connectivity index (χ4v) is 3.90. The van der Waals surface area contributed by atoms with Gasteiger partial charge in [-0.2, -0.15) is 0 Å². The fourth-order valence-electron chi connectivity index (χ4n) is 3.90. The minimum atomic E-state index is -1.18. The van der Waals surface area contributed by atoms with Gasteiger partial charge < -0.3 is 14.8 Å². The molecule has 8 nitrogen and oxygen atoms in total. The zero-order valence-electron chi connectivity index (χ0n) is 16.4. The third kappa shape index (κ3) is 3.21. The largest absolute Gasteiger partial charge is 0.439 e. The monoisotopic (exact) mass is 399 g/mol. The molecule has 29 heavy (non-hydrogen) atoms. The Morgan fingerprint density at radius 1 is 1.45 bits per heavy atom. The summed E-state index contributed by atoms with van der Waals surface area (Å²) in [5.41, 5.74) is -0.222. The van der Waals surface area contributed by atoms with Crippen LogP contribution in [0.15, 0.2) is 30.7 Å². The smallest absolute Gasteiger partial charge is 0.235 e. The number of ether oxygens (including phenoxy) is 2. The van der Waals surface area contributed by atoms with Gasteiger partial charge >= 0.3 is 0 Å². The standard InChI is InChI=1S/C20H22FN5O3/c1-11-8-23-10-24-17(11)29-13-4-5-16(21)14(7-13)20-9-28-12(2)6-15(20)18(27)26(3)19(22)25-20/h4-5,7-8,10,12,15H,6,9H2,1-3H3,(H2,22,25)/t12-,15-,20+/m0/s1. The van der Waals surface area contributed by atoms with Gasteiger partial charge in [-0.25, -0.2) is 14.4 Å². The first-order valence-corrected chi connectivity index (χ1v) is 9.32. The quantitative estimate of drug-likeness (QED) is 0.822. The van der Waals surface area contributed by atoms with E-state index >= 15 is 4.39 Å². The molecule has 0 saturated carbocycles. The molecule has 0 bridgehead atoms. The van der Waals surface area contributed by atoms with Crippen molar-refractivity contribution in [3.63, 3.8) is 0 Å². The van der Waals surface area contributed by atoms with Crippen molar-refractivity contribution < 1.29 is 18.7 Å². The normalized spacial score (nSPS) is 26.7. The second-order valence-corrected chi connectivity index (χ2v) is 7.51. The molecule has 2 fully saturated rings. The number of hydrogen-bond donors (Lipinski definition) is 2. The molecule has 0 spiro atoms. The number of nitrogens with one attached hydrogen (secondary N) is 2. The van der Waals surface area contributed by atoms with E-state index in [-0.39, 0.29) is 30.1 Å². The molecule has 1 aromatic heterocycles. The number of aromatic nitrogens is 2. The van der Waals surface area contributed by atoms with Gasteiger partial charge in [-0.05, 0) is 38.5 Å². The van der Waals surface area contributed by atoms with Crippen LogP contribution in [0.4, 0.5) is 4.39 Å². The highest BCUT2D eigenvalue weighted by Crippen LogP contribution is 2.43. The number of carbonyl (C=O) groups is 1. The number of nitrogens with zero attached hydrogens (tertiary/aromatic N) is 3. The summed E-state index contributed by atoms with van der Waals surface area (Å²) >= 11 is 0. The Bertz CT molecular complexity index is 984. The van der Waals surface area contributed by atoms with Crippen LogP contribution in [0.2, 0.25) is 0 Å². The molecule has 0 radical (unpaired) electrons. The van der Waals surface area contributed by atoms with Gasteiger partial charge in [0.25, 0.3) is 0 Å². The lowest BCUT2D eigenvalue weighted by Gasteiger charge is -2.51. The Balaban J connectivity index is 1.78. The van der Waals surface area contributed by atoms with E-state index < -0.39 is 17.3 Å². The van der Waals surface area contributed by atoms with E-state index in [1.54, 1.807) is 12.3 Å². The first kappa shape index (κ1) is 19.3. The van der Waals surface area contributed by atoms with E-state index in [1.165, 1.54) is 30.4 Å². The van der Waals surface area contributed by atoms with Crippen molar-refractivity contribution in [3.05, 3.63) is 47.7 Å². The molecule has 3 heterocycles. The molecule has 0 unspecified atom stereocenters. The molecular formula is C20H22FN5O3. The van der Waals surface area contributed by atoms with Crippen molar-refractivity contribution in [2.75, 3.05) is 13.7 Å². The molecular weight excluding hydrogens is 377 g/mol. The highest BCUT2D eigenvalue weighted by Gasteiger charge is 2.54. The van der Waals surface area contributed by atoms with Crippen molar-refractivity contribution >= 4 is 11.9 Å². The number of hydrogen-bond acceptors (Lipinski definition) is 6. The highest BCUT2D eigenvalue weighted by atomic mass is 19.1. The maximum Gasteiger partial charge on any atom is 0.235 e. The van der Waals surface area contributed by atoms with E-state index in [1.807, 2.05) is 13.8 Å².